The standard InChI is InChI=1S/C24H22N4O2S/c1-2-25-22(29)18-6-5-7-19(14-18)26-23(30)17-12-10-16(11-13-17)15-31-24-27-20-8-3-4-9-21(20)28-24/h3-14H,2,15H2,1H3,(H,25,29)(H,26,30)(H,27,28). The van der Waals surface area contributed by atoms with Gasteiger partial charge in [-0.15, -0.1) is 0 Å². The van der Waals surface area contributed by atoms with Gasteiger partial charge in [0.2, 0.25) is 0 Å². The van der Waals surface area contributed by atoms with Crippen molar-refractivity contribution in [2.24, 2.45) is 0 Å². The van der Waals surface area contributed by atoms with Gasteiger partial charge in [0.1, 0.15) is 0 Å². The Labute approximate surface area is 184 Å². The SMILES string of the molecule is CCNC(=O)c1cccc(NC(=O)c2ccc(CSc3nc4ccccc4[nH]3)cc2)c1. The predicted octanol–water partition coefficient (Wildman–Crippen LogP) is 4.86. The molecule has 6 nitrogen and oxygen atoms in total. The van der Waals surface area contributed by atoms with E-state index in [1.165, 1.54) is 0 Å². The van der Waals surface area contributed by atoms with Gasteiger partial charge in [-0.3, -0.25) is 9.59 Å². The second-order valence-electron chi connectivity index (χ2n) is 6.94. The number of amides is 2. The quantitative estimate of drug-likeness (QED) is 0.366. The van der Waals surface area contributed by atoms with Gasteiger partial charge in [0.25, 0.3) is 11.8 Å². The van der Waals surface area contributed by atoms with E-state index in [4.69, 9.17) is 0 Å². The number of carbonyl (C=O) groups excluding carboxylic acids is 2. The van der Waals surface area contributed by atoms with Crippen molar-refractivity contribution in [3.8, 4) is 0 Å². The van der Waals surface area contributed by atoms with Gasteiger partial charge >= 0.3 is 0 Å². The van der Waals surface area contributed by atoms with Gasteiger partial charge in [0, 0.05) is 29.1 Å². The van der Waals surface area contributed by atoms with Crippen LogP contribution in [0.3, 0.4) is 0 Å². The minimum Gasteiger partial charge on any atom is -0.352 e. The Morgan fingerprint density at radius 2 is 1.74 bits per heavy atom. The van der Waals surface area contributed by atoms with E-state index >= 15 is 0 Å². The molecule has 0 aliphatic heterocycles. The van der Waals surface area contributed by atoms with Crippen LogP contribution < -0.4 is 10.6 Å². The molecule has 1 heterocycles. The second-order valence-corrected chi connectivity index (χ2v) is 7.90. The van der Waals surface area contributed by atoms with Crippen molar-refractivity contribution in [2.75, 3.05) is 11.9 Å². The van der Waals surface area contributed by atoms with Crippen LogP contribution in [0.25, 0.3) is 11.0 Å². The van der Waals surface area contributed by atoms with E-state index in [2.05, 4.69) is 20.6 Å². The zero-order valence-corrected chi connectivity index (χ0v) is 17.8. The Hall–Kier alpha value is -3.58. The molecule has 1 aromatic heterocycles. The number of benzene rings is 3. The fourth-order valence-electron chi connectivity index (χ4n) is 3.11. The summed E-state index contributed by atoms with van der Waals surface area (Å²) < 4.78 is 0. The molecule has 156 valence electrons. The minimum atomic E-state index is -0.218. The maximum atomic E-state index is 12.6. The third-order valence-corrected chi connectivity index (χ3v) is 5.62. The Kier molecular flexibility index (Phi) is 6.33. The molecule has 0 saturated carbocycles. The number of rotatable bonds is 7. The molecule has 2 amide bonds. The van der Waals surface area contributed by atoms with Gasteiger partial charge in [-0.25, -0.2) is 4.98 Å². The normalized spacial score (nSPS) is 10.7. The summed E-state index contributed by atoms with van der Waals surface area (Å²) in [6.07, 6.45) is 0. The van der Waals surface area contributed by atoms with Crippen LogP contribution in [0, 0.1) is 0 Å². The van der Waals surface area contributed by atoms with Crippen LogP contribution in [-0.2, 0) is 5.75 Å². The molecule has 0 aliphatic rings. The van der Waals surface area contributed by atoms with Gasteiger partial charge in [0.15, 0.2) is 5.16 Å². The number of H-pyrrole nitrogens is 1. The monoisotopic (exact) mass is 430 g/mol. The molecule has 4 rings (SSSR count). The highest BCUT2D eigenvalue weighted by atomic mass is 32.2. The molecule has 0 radical (unpaired) electrons. The highest BCUT2D eigenvalue weighted by Crippen LogP contribution is 2.23. The molecule has 7 heteroatoms. The third kappa shape index (κ3) is 5.13. The van der Waals surface area contributed by atoms with Gasteiger partial charge in [-0.2, -0.15) is 0 Å². The molecule has 0 bridgehead atoms. The smallest absolute Gasteiger partial charge is 0.255 e. The van der Waals surface area contributed by atoms with Crippen LogP contribution in [0.5, 0.6) is 0 Å². The topological polar surface area (TPSA) is 86.9 Å². The molecule has 0 unspecified atom stereocenters. The number of aromatic nitrogens is 2. The third-order valence-electron chi connectivity index (χ3n) is 4.68. The predicted molar refractivity (Wildman–Crippen MR) is 124 cm³/mol. The number of anilines is 1. The van der Waals surface area contributed by atoms with Crippen LogP contribution >= 0.6 is 11.8 Å². The van der Waals surface area contributed by atoms with E-state index in [9.17, 15) is 9.59 Å². The van der Waals surface area contributed by atoms with Crippen LogP contribution in [0.15, 0.2) is 78.0 Å². The van der Waals surface area contributed by atoms with Crippen molar-refractivity contribution >= 4 is 40.3 Å². The van der Waals surface area contributed by atoms with Crippen LogP contribution in [0.4, 0.5) is 5.69 Å². The summed E-state index contributed by atoms with van der Waals surface area (Å²) >= 11 is 1.62. The lowest BCUT2D eigenvalue weighted by atomic mass is 10.1. The molecular formula is C24H22N4O2S. The van der Waals surface area contributed by atoms with E-state index in [1.54, 1.807) is 48.2 Å². The van der Waals surface area contributed by atoms with E-state index in [-0.39, 0.29) is 11.8 Å². The number of fused-ring (bicyclic) bond motifs is 1. The number of carbonyl (C=O) groups is 2. The first-order chi connectivity index (χ1) is 15.1. The van der Waals surface area contributed by atoms with E-state index < -0.39 is 0 Å². The summed E-state index contributed by atoms with van der Waals surface area (Å²) in [6, 6.07) is 22.3. The van der Waals surface area contributed by atoms with E-state index in [0.717, 1.165) is 27.5 Å². The first kappa shape index (κ1) is 20.7. The Balaban J connectivity index is 1.37. The van der Waals surface area contributed by atoms with Crippen molar-refractivity contribution in [1.82, 2.24) is 15.3 Å². The molecule has 4 aromatic rings. The zero-order chi connectivity index (χ0) is 21.6. The van der Waals surface area contributed by atoms with Crippen molar-refractivity contribution in [3.05, 3.63) is 89.5 Å². The Bertz CT molecular complexity index is 1180. The van der Waals surface area contributed by atoms with Crippen molar-refractivity contribution in [3.63, 3.8) is 0 Å². The van der Waals surface area contributed by atoms with Crippen LogP contribution in [0.1, 0.15) is 33.2 Å². The molecule has 0 spiro atoms. The number of aromatic amines is 1. The van der Waals surface area contributed by atoms with Crippen LogP contribution in [-0.4, -0.2) is 28.3 Å². The number of hydrogen-bond donors (Lipinski definition) is 3. The number of imidazole rings is 1. The molecule has 0 aliphatic carbocycles. The molecule has 0 atom stereocenters. The highest BCUT2D eigenvalue weighted by molar-refractivity contribution is 7.98. The van der Waals surface area contributed by atoms with Gasteiger partial charge in [-0.05, 0) is 55.0 Å². The maximum absolute atomic E-state index is 12.6. The Morgan fingerprint density at radius 3 is 2.52 bits per heavy atom. The summed E-state index contributed by atoms with van der Waals surface area (Å²) in [7, 11) is 0. The minimum absolute atomic E-state index is 0.162. The van der Waals surface area contributed by atoms with Crippen molar-refractivity contribution in [1.29, 1.82) is 0 Å². The lowest BCUT2D eigenvalue weighted by molar-refractivity contribution is 0.0954. The van der Waals surface area contributed by atoms with Crippen molar-refractivity contribution in [2.45, 2.75) is 17.8 Å². The van der Waals surface area contributed by atoms with Gasteiger partial charge < -0.3 is 15.6 Å². The number of thioether (sulfide) groups is 1. The lowest BCUT2D eigenvalue weighted by Crippen LogP contribution is -2.22. The van der Waals surface area contributed by atoms with Gasteiger partial charge in [-0.1, -0.05) is 42.1 Å². The Morgan fingerprint density at radius 1 is 0.935 bits per heavy atom. The first-order valence-electron chi connectivity index (χ1n) is 9.98. The number of nitrogens with zero attached hydrogens (tertiary/aromatic N) is 1. The number of nitrogens with one attached hydrogen (secondary N) is 3. The average molecular weight is 431 g/mol. The van der Waals surface area contributed by atoms with E-state index in [0.29, 0.717) is 23.4 Å². The molecule has 0 fully saturated rings. The molecule has 0 saturated heterocycles. The fraction of sp³-hybridized carbons (Fsp3) is 0.125. The fourth-order valence-corrected chi connectivity index (χ4v) is 3.95. The molecule has 31 heavy (non-hydrogen) atoms. The molecule has 3 aromatic carbocycles. The highest BCUT2D eigenvalue weighted by Gasteiger charge is 2.10. The maximum Gasteiger partial charge on any atom is 0.255 e. The first-order valence-corrected chi connectivity index (χ1v) is 11.0. The summed E-state index contributed by atoms with van der Waals surface area (Å²) in [5.74, 6) is 0.366. The van der Waals surface area contributed by atoms with Gasteiger partial charge in [0.05, 0.1) is 11.0 Å². The molecule has 3 N–H and O–H groups in total. The summed E-state index contributed by atoms with van der Waals surface area (Å²) in [5, 5.41) is 6.47. The average Bonchev–Trinajstić information content (AvgIpc) is 3.21. The summed E-state index contributed by atoms with van der Waals surface area (Å²) in [6.45, 7) is 2.42. The lowest BCUT2D eigenvalue weighted by Gasteiger charge is -2.08. The second kappa shape index (κ2) is 9.49. The summed E-state index contributed by atoms with van der Waals surface area (Å²) in [4.78, 5) is 32.4. The largest absolute Gasteiger partial charge is 0.352 e. The van der Waals surface area contributed by atoms with Crippen LogP contribution in [0.2, 0.25) is 0 Å². The number of hydrogen-bond acceptors (Lipinski definition) is 4. The summed E-state index contributed by atoms with van der Waals surface area (Å²) in [5.41, 5.74) is 4.72. The van der Waals surface area contributed by atoms with Crippen molar-refractivity contribution < 1.29 is 9.59 Å². The zero-order valence-electron chi connectivity index (χ0n) is 17.0. The molecular weight excluding hydrogens is 408 g/mol. The van der Waals surface area contributed by atoms with E-state index in [1.807, 2.05) is 43.3 Å². The number of para-hydroxylation sites is 2.